The molecule has 0 spiro atoms. The number of nitrogens with one attached hydrogen (secondary N) is 1. The monoisotopic (exact) mass is 236 g/mol. The molecule has 2 N–H and O–H groups in total. The van der Waals surface area contributed by atoms with E-state index >= 15 is 0 Å². The van der Waals surface area contributed by atoms with Crippen LogP contribution in [0.5, 0.6) is 0 Å². The van der Waals surface area contributed by atoms with Gasteiger partial charge >= 0.3 is 0 Å². The van der Waals surface area contributed by atoms with Crippen LogP contribution in [0.15, 0.2) is 18.2 Å². The summed E-state index contributed by atoms with van der Waals surface area (Å²) >= 11 is 0. The predicted octanol–water partition coefficient (Wildman–Crippen LogP) is 1.92. The van der Waals surface area contributed by atoms with Crippen LogP contribution in [0, 0.1) is 6.92 Å². The van der Waals surface area contributed by atoms with Crippen molar-refractivity contribution < 1.29 is 5.11 Å². The Bertz CT molecular complexity index is 333. The Morgan fingerprint density at radius 2 is 2.06 bits per heavy atom. The lowest BCUT2D eigenvalue weighted by molar-refractivity contribution is 0.301. The van der Waals surface area contributed by atoms with E-state index in [4.69, 9.17) is 5.11 Å². The Balaban J connectivity index is 2.98. The van der Waals surface area contributed by atoms with Gasteiger partial charge in [0.15, 0.2) is 0 Å². The van der Waals surface area contributed by atoms with E-state index in [1.165, 1.54) is 16.8 Å². The van der Waals surface area contributed by atoms with Crippen LogP contribution in [-0.4, -0.2) is 31.9 Å². The molecule has 0 atom stereocenters. The predicted molar refractivity (Wildman–Crippen MR) is 73.5 cm³/mol. The summed E-state index contributed by atoms with van der Waals surface area (Å²) in [6.07, 6.45) is 1.09. The second kappa shape index (κ2) is 7.30. The van der Waals surface area contributed by atoms with Crippen LogP contribution in [0.1, 0.15) is 24.5 Å². The third kappa shape index (κ3) is 4.02. The zero-order chi connectivity index (χ0) is 12.7. The molecular formula is C14H24N2O. The quantitative estimate of drug-likeness (QED) is 0.759. The van der Waals surface area contributed by atoms with Crippen molar-refractivity contribution in [2.75, 3.05) is 31.6 Å². The number of hydrogen-bond donors (Lipinski definition) is 2. The number of benzene rings is 1. The topological polar surface area (TPSA) is 35.5 Å². The molecule has 0 aliphatic heterocycles. The van der Waals surface area contributed by atoms with Crippen LogP contribution in [-0.2, 0) is 6.54 Å². The Hall–Kier alpha value is -1.06. The first-order valence-corrected chi connectivity index (χ1v) is 6.32. The van der Waals surface area contributed by atoms with Gasteiger partial charge in [-0.2, -0.15) is 0 Å². The molecule has 0 fully saturated rings. The van der Waals surface area contributed by atoms with Gasteiger partial charge in [0.1, 0.15) is 0 Å². The van der Waals surface area contributed by atoms with Gasteiger partial charge in [0.05, 0.1) is 6.61 Å². The Morgan fingerprint density at radius 3 is 2.65 bits per heavy atom. The molecule has 0 saturated carbocycles. The zero-order valence-corrected chi connectivity index (χ0v) is 11.2. The largest absolute Gasteiger partial charge is 0.395 e. The van der Waals surface area contributed by atoms with Crippen LogP contribution in [0.25, 0.3) is 0 Å². The van der Waals surface area contributed by atoms with Crippen molar-refractivity contribution in [2.24, 2.45) is 0 Å². The molecule has 0 saturated heterocycles. The molecule has 1 aromatic carbocycles. The van der Waals surface area contributed by atoms with Crippen molar-refractivity contribution >= 4 is 5.69 Å². The van der Waals surface area contributed by atoms with Crippen LogP contribution < -0.4 is 10.2 Å². The maximum atomic E-state index is 9.14. The van der Waals surface area contributed by atoms with E-state index in [9.17, 15) is 0 Å². The van der Waals surface area contributed by atoms with Gasteiger partial charge in [0.2, 0.25) is 0 Å². The highest BCUT2D eigenvalue weighted by Crippen LogP contribution is 2.22. The number of aliphatic hydroxyl groups excluding tert-OH is 1. The highest BCUT2D eigenvalue weighted by Gasteiger charge is 2.09. The molecule has 17 heavy (non-hydrogen) atoms. The maximum absolute atomic E-state index is 9.14. The SMILES string of the molecule is CCCN(CCO)c1ccc(C)cc1CNC. The Labute approximate surface area is 104 Å². The van der Waals surface area contributed by atoms with E-state index in [0.717, 1.165) is 19.5 Å². The lowest BCUT2D eigenvalue weighted by Crippen LogP contribution is -2.29. The van der Waals surface area contributed by atoms with Gasteiger partial charge in [-0.3, -0.25) is 0 Å². The fourth-order valence-corrected chi connectivity index (χ4v) is 2.10. The minimum absolute atomic E-state index is 0.201. The molecule has 3 nitrogen and oxygen atoms in total. The Kier molecular flexibility index (Phi) is 6.01. The van der Waals surface area contributed by atoms with Crippen molar-refractivity contribution in [3.63, 3.8) is 0 Å². The van der Waals surface area contributed by atoms with Crippen molar-refractivity contribution in [3.8, 4) is 0 Å². The fraction of sp³-hybridized carbons (Fsp3) is 0.571. The smallest absolute Gasteiger partial charge is 0.0606 e. The standard InChI is InChI=1S/C14H24N2O/c1-4-7-16(8-9-17)14-6-5-12(2)10-13(14)11-15-3/h5-6,10,15,17H,4,7-9,11H2,1-3H3. The minimum atomic E-state index is 0.201. The van der Waals surface area contributed by atoms with Crippen LogP contribution in [0.2, 0.25) is 0 Å². The molecule has 0 heterocycles. The van der Waals surface area contributed by atoms with Gasteiger partial charge in [0, 0.05) is 25.3 Å². The average molecular weight is 236 g/mol. The fourth-order valence-electron chi connectivity index (χ4n) is 2.10. The first-order chi connectivity index (χ1) is 8.22. The number of anilines is 1. The Morgan fingerprint density at radius 1 is 1.29 bits per heavy atom. The van der Waals surface area contributed by atoms with Gasteiger partial charge < -0.3 is 15.3 Å². The second-order valence-electron chi connectivity index (χ2n) is 4.37. The van der Waals surface area contributed by atoms with Crippen molar-refractivity contribution in [3.05, 3.63) is 29.3 Å². The van der Waals surface area contributed by atoms with E-state index in [-0.39, 0.29) is 6.61 Å². The van der Waals surface area contributed by atoms with E-state index < -0.39 is 0 Å². The van der Waals surface area contributed by atoms with E-state index in [0.29, 0.717) is 6.54 Å². The third-order valence-corrected chi connectivity index (χ3v) is 2.81. The average Bonchev–Trinajstić information content (AvgIpc) is 2.30. The van der Waals surface area contributed by atoms with Gasteiger partial charge in [-0.05, 0) is 32.0 Å². The number of aryl methyl sites for hydroxylation is 1. The molecule has 0 aliphatic carbocycles. The van der Waals surface area contributed by atoms with Gasteiger partial charge in [-0.15, -0.1) is 0 Å². The summed E-state index contributed by atoms with van der Waals surface area (Å²) in [5.41, 5.74) is 3.81. The molecule has 0 aromatic heterocycles. The van der Waals surface area contributed by atoms with Gasteiger partial charge in [0.25, 0.3) is 0 Å². The van der Waals surface area contributed by atoms with Gasteiger partial charge in [-0.1, -0.05) is 24.6 Å². The molecule has 0 aliphatic rings. The maximum Gasteiger partial charge on any atom is 0.0606 e. The molecule has 1 rings (SSSR count). The molecular weight excluding hydrogens is 212 g/mol. The van der Waals surface area contributed by atoms with Crippen molar-refractivity contribution in [1.29, 1.82) is 0 Å². The lowest BCUT2D eigenvalue weighted by atomic mass is 10.1. The first-order valence-electron chi connectivity index (χ1n) is 6.32. The number of hydrogen-bond acceptors (Lipinski definition) is 3. The zero-order valence-electron chi connectivity index (χ0n) is 11.2. The summed E-state index contributed by atoms with van der Waals surface area (Å²) in [4.78, 5) is 2.26. The molecule has 96 valence electrons. The van der Waals surface area contributed by atoms with Crippen molar-refractivity contribution in [2.45, 2.75) is 26.8 Å². The summed E-state index contributed by atoms with van der Waals surface area (Å²) in [7, 11) is 1.96. The molecule has 0 bridgehead atoms. The van der Waals surface area contributed by atoms with Crippen LogP contribution in [0.3, 0.4) is 0 Å². The highest BCUT2D eigenvalue weighted by molar-refractivity contribution is 5.55. The summed E-state index contributed by atoms with van der Waals surface area (Å²) in [5.74, 6) is 0. The first kappa shape index (κ1) is 14.0. The second-order valence-corrected chi connectivity index (χ2v) is 4.37. The van der Waals surface area contributed by atoms with Crippen LogP contribution in [0.4, 0.5) is 5.69 Å². The van der Waals surface area contributed by atoms with Crippen molar-refractivity contribution in [1.82, 2.24) is 5.32 Å². The van der Waals surface area contributed by atoms with E-state index in [1.54, 1.807) is 0 Å². The lowest BCUT2D eigenvalue weighted by Gasteiger charge is -2.26. The molecule has 0 radical (unpaired) electrons. The minimum Gasteiger partial charge on any atom is -0.395 e. The molecule has 0 unspecified atom stereocenters. The summed E-state index contributed by atoms with van der Waals surface area (Å²) < 4.78 is 0. The van der Waals surface area contributed by atoms with E-state index in [1.807, 2.05) is 7.05 Å². The summed E-state index contributed by atoms with van der Waals surface area (Å²) in [6.45, 7) is 7.03. The van der Waals surface area contributed by atoms with Gasteiger partial charge in [-0.25, -0.2) is 0 Å². The number of aliphatic hydroxyl groups is 1. The highest BCUT2D eigenvalue weighted by atomic mass is 16.3. The van der Waals surface area contributed by atoms with Crippen LogP contribution >= 0.6 is 0 Å². The molecule has 1 aromatic rings. The normalized spacial score (nSPS) is 10.6. The number of rotatable bonds is 7. The van der Waals surface area contributed by atoms with E-state index in [2.05, 4.69) is 42.3 Å². The number of nitrogens with zero attached hydrogens (tertiary/aromatic N) is 1. The molecule has 0 amide bonds. The molecule has 3 heteroatoms. The third-order valence-electron chi connectivity index (χ3n) is 2.81. The summed E-state index contributed by atoms with van der Waals surface area (Å²) in [6, 6.07) is 6.51. The summed E-state index contributed by atoms with van der Waals surface area (Å²) in [5, 5.41) is 12.3.